The molecule has 9 heteroatoms. The molecule has 3 rings (SSSR count). The third-order valence-corrected chi connectivity index (χ3v) is 5.82. The van der Waals surface area contributed by atoms with Gasteiger partial charge in [0.05, 0.1) is 0 Å². The number of nitrogen functional groups attached to an aromatic ring is 1. The van der Waals surface area contributed by atoms with E-state index in [0.29, 0.717) is 6.42 Å². The number of anilines is 1. The molecule has 3 aromatic rings. The molecule has 0 unspecified atom stereocenters. The quantitative estimate of drug-likeness (QED) is 0.319. The van der Waals surface area contributed by atoms with Gasteiger partial charge in [-0.3, -0.25) is 18.7 Å². The molecule has 0 saturated heterocycles. The lowest BCUT2D eigenvalue weighted by Crippen LogP contribution is -2.43. The number of hydrogen-bond donors (Lipinski definition) is 1. The van der Waals surface area contributed by atoms with Crippen molar-refractivity contribution < 1.29 is 14.3 Å². The summed E-state index contributed by atoms with van der Waals surface area (Å²) in [5.74, 6) is -1.72. The van der Waals surface area contributed by atoms with Gasteiger partial charge in [-0.1, -0.05) is 37.3 Å². The molecule has 1 aromatic carbocycles. The van der Waals surface area contributed by atoms with Crippen LogP contribution in [0.15, 0.2) is 58.1 Å². The molecule has 0 aliphatic rings. The number of rotatable bonds is 8. The first-order valence-corrected chi connectivity index (χ1v) is 10.8. The Morgan fingerprint density at radius 1 is 1.12 bits per heavy atom. The summed E-state index contributed by atoms with van der Waals surface area (Å²) in [5.41, 5.74) is 5.21. The van der Waals surface area contributed by atoms with E-state index in [1.54, 1.807) is 6.08 Å². The highest BCUT2D eigenvalue weighted by molar-refractivity contribution is 7.16. The van der Waals surface area contributed by atoms with Crippen LogP contribution in [0.25, 0.3) is 16.5 Å². The number of ketones is 1. The average molecular weight is 454 g/mol. The number of benzene rings is 1. The largest absolute Gasteiger partial charge is 0.454 e. The molecule has 0 bridgehead atoms. The fourth-order valence-corrected chi connectivity index (χ4v) is 4.01. The summed E-state index contributed by atoms with van der Waals surface area (Å²) in [5, 5.41) is 0. The Bertz CT molecular complexity index is 1290. The van der Waals surface area contributed by atoms with E-state index < -0.39 is 29.6 Å². The lowest BCUT2D eigenvalue weighted by Gasteiger charge is -2.13. The van der Waals surface area contributed by atoms with Gasteiger partial charge >= 0.3 is 11.7 Å². The molecule has 0 spiro atoms. The monoisotopic (exact) mass is 453 g/mol. The van der Waals surface area contributed by atoms with Crippen molar-refractivity contribution in [2.24, 2.45) is 7.05 Å². The molecule has 0 saturated carbocycles. The molecule has 2 N–H and O–H groups in total. The van der Waals surface area contributed by atoms with Gasteiger partial charge < -0.3 is 10.5 Å². The van der Waals surface area contributed by atoms with E-state index in [1.807, 2.05) is 49.4 Å². The van der Waals surface area contributed by atoms with Crippen LogP contribution in [0.2, 0.25) is 0 Å². The van der Waals surface area contributed by atoms with Crippen LogP contribution in [0.1, 0.15) is 28.6 Å². The van der Waals surface area contributed by atoms with Gasteiger partial charge in [-0.25, -0.2) is 9.59 Å². The highest BCUT2D eigenvalue weighted by Gasteiger charge is 2.22. The van der Waals surface area contributed by atoms with E-state index >= 15 is 0 Å². The predicted molar refractivity (Wildman–Crippen MR) is 125 cm³/mol. The first-order valence-electron chi connectivity index (χ1n) is 9.96. The maximum atomic E-state index is 12.5. The Morgan fingerprint density at radius 3 is 2.53 bits per heavy atom. The lowest BCUT2D eigenvalue weighted by atomic mass is 10.2. The molecule has 32 heavy (non-hydrogen) atoms. The summed E-state index contributed by atoms with van der Waals surface area (Å²) in [4.78, 5) is 51.1. The molecular formula is C23H23N3O5S. The summed E-state index contributed by atoms with van der Waals surface area (Å²) in [6.07, 6.45) is 3.40. The lowest BCUT2D eigenvalue weighted by molar-refractivity contribution is -0.136. The molecule has 0 fully saturated rings. The summed E-state index contributed by atoms with van der Waals surface area (Å²) in [6.45, 7) is 1.43. The minimum atomic E-state index is -0.816. The van der Waals surface area contributed by atoms with Gasteiger partial charge in [0.25, 0.3) is 5.56 Å². The van der Waals surface area contributed by atoms with Gasteiger partial charge in [0.1, 0.15) is 11.4 Å². The molecule has 0 amide bonds. The van der Waals surface area contributed by atoms with Crippen molar-refractivity contribution in [1.82, 2.24) is 9.13 Å². The number of aromatic nitrogens is 2. The summed E-state index contributed by atoms with van der Waals surface area (Å²) in [6, 6.07) is 13.7. The van der Waals surface area contributed by atoms with Crippen LogP contribution >= 0.6 is 11.3 Å². The van der Waals surface area contributed by atoms with Crippen molar-refractivity contribution in [3.63, 3.8) is 0 Å². The molecule has 0 aliphatic carbocycles. The van der Waals surface area contributed by atoms with Gasteiger partial charge in [0, 0.05) is 29.4 Å². The Kier molecular flexibility index (Phi) is 7.21. The number of ether oxygens (including phenoxy) is 1. The minimum absolute atomic E-state index is 0.219. The van der Waals surface area contributed by atoms with Crippen molar-refractivity contribution in [2.45, 2.75) is 19.9 Å². The second-order valence-electron chi connectivity index (χ2n) is 6.99. The zero-order chi connectivity index (χ0) is 23.3. The van der Waals surface area contributed by atoms with Gasteiger partial charge in [0.2, 0.25) is 5.78 Å². The van der Waals surface area contributed by atoms with Crippen molar-refractivity contribution in [3.05, 3.63) is 79.8 Å². The fourth-order valence-electron chi connectivity index (χ4n) is 3.09. The van der Waals surface area contributed by atoms with Crippen LogP contribution < -0.4 is 17.0 Å². The van der Waals surface area contributed by atoms with Crippen LogP contribution in [-0.2, 0) is 23.1 Å². The van der Waals surface area contributed by atoms with Crippen LogP contribution in [0.3, 0.4) is 0 Å². The molecule has 8 nitrogen and oxygen atoms in total. The second-order valence-corrected chi connectivity index (χ2v) is 8.11. The van der Waals surface area contributed by atoms with E-state index in [4.69, 9.17) is 10.5 Å². The zero-order valence-electron chi connectivity index (χ0n) is 17.7. The molecule has 2 heterocycles. The predicted octanol–water partition coefficient (Wildman–Crippen LogP) is 2.71. The van der Waals surface area contributed by atoms with Gasteiger partial charge in [-0.2, -0.15) is 0 Å². The van der Waals surface area contributed by atoms with Gasteiger partial charge in [0.15, 0.2) is 6.61 Å². The molecule has 0 radical (unpaired) electrons. The van der Waals surface area contributed by atoms with Crippen molar-refractivity contribution in [2.75, 3.05) is 12.3 Å². The Morgan fingerprint density at radius 2 is 1.84 bits per heavy atom. The molecule has 166 valence electrons. The van der Waals surface area contributed by atoms with Crippen molar-refractivity contribution in [3.8, 4) is 10.4 Å². The maximum Gasteiger partial charge on any atom is 0.332 e. The molecule has 0 atom stereocenters. The number of esters is 1. The second kappa shape index (κ2) is 10.1. The van der Waals surface area contributed by atoms with Gasteiger partial charge in [-0.15, -0.1) is 11.3 Å². The van der Waals surface area contributed by atoms with E-state index in [0.717, 1.165) is 24.5 Å². The maximum absolute atomic E-state index is 12.5. The number of Topliss-reactive ketones (excluding diaryl/α,β-unsaturated/α-hetero) is 1. The number of nitrogens with zero attached hydrogens (tertiary/aromatic N) is 2. The fraction of sp³-hybridized carbons (Fsp3) is 0.217. The Hall–Kier alpha value is -3.72. The standard InChI is InChI=1S/C23H23N3O5S/c1-3-13-26-21(24)20(22(29)25(2)23(26)30)17(27)14-31-19(28)12-10-16-9-11-18(32-16)15-7-5-4-6-8-15/h4-12H,3,13-14,24H2,1-2H3/b12-10+. The first kappa shape index (κ1) is 23.0. The van der Waals surface area contributed by atoms with Crippen LogP contribution in [0.5, 0.6) is 0 Å². The average Bonchev–Trinajstić information content (AvgIpc) is 3.27. The summed E-state index contributed by atoms with van der Waals surface area (Å²) >= 11 is 1.51. The number of hydrogen-bond acceptors (Lipinski definition) is 7. The SMILES string of the molecule is CCCn1c(N)c(C(=O)COC(=O)/C=C/c2ccc(-c3ccccc3)s2)c(=O)n(C)c1=O. The highest BCUT2D eigenvalue weighted by atomic mass is 32.1. The zero-order valence-corrected chi connectivity index (χ0v) is 18.6. The van der Waals surface area contributed by atoms with E-state index in [9.17, 15) is 19.2 Å². The van der Waals surface area contributed by atoms with Crippen LogP contribution in [0.4, 0.5) is 5.82 Å². The minimum Gasteiger partial charge on any atom is -0.454 e. The first-order chi connectivity index (χ1) is 15.3. The van der Waals surface area contributed by atoms with Gasteiger partial charge in [-0.05, 0) is 30.2 Å². The van der Waals surface area contributed by atoms with E-state index in [-0.39, 0.29) is 17.9 Å². The number of carbonyl (C=O) groups excluding carboxylic acids is 2. The Labute approximate surface area is 188 Å². The normalized spacial score (nSPS) is 11.1. The molecule has 2 aromatic heterocycles. The van der Waals surface area contributed by atoms with Crippen LogP contribution in [0, 0.1) is 0 Å². The van der Waals surface area contributed by atoms with Crippen LogP contribution in [-0.4, -0.2) is 27.5 Å². The van der Waals surface area contributed by atoms with Crippen molar-refractivity contribution >= 4 is 35.0 Å². The third kappa shape index (κ3) is 4.94. The highest BCUT2D eigenvalue weighted by Crippen LogP contribution is 2.28. The number of nitrogens with two attached hydrogens (primary N) is 1. The summed E-state index contributed by atoms with van der Waals surface area (Å²) in [7, 11) is 1.27. The smallest absolute Gasteiger partial charge is 0.332 e. The van der Waals surface area contributed by atoms with E-state index in [2.05, 4.69) is 0 Å². The summed E-state index contributed by atoms with van der Waals surface area (Å²) < 4.78 is 6.98. The topological polar surface area (TPSA) is 113 Å². The number of thiophene rings is 1. The molecule has 0 aliphatic heterocycles. The number of carbonyl (C=O) groups is 2. The third-order valence-electron chi connectivity index (χ3n) is 4.72. The Balaban J connectivity index is 1.68. The van der Waals surface area contributed by atoms with Crippen molar-refractivity contribution in [1.29, 1.82) is 0 Å². The van der Waals surface area contributed by atoms with E-state index in [1.165, 1.54) is 24.5 Å². The molecular weight excluding hydrogens is 430 g/mol.